The Hall–Kier alpha value is -2.14. The van der Waals surface area contributed by atoms with Gasteiger partial charge in [0.2, 0.25) is 0 Å². The number of aliphatic hydroxyl groups is 1. The highest BCUT2D eigenvalue weighted by atomic mass is 19.1. The van der Waals surface area contributed by atoms with E-state index in [1.165, 1.54) is 49.9 Å². The average molecular weight is 385 g/mol. The van der Waals surface area contributed by atoms with Gasteiger partial charge in [-0.15, -0.1) is 0 Å². The van der Waals surface area contributed by atoms with E-state index in [0.717, 1.165) is 17.8 Å². The second-order valence-corrected chi connectivity index (χ2v) is 8.13. The van der Waals surface area contributed by atoms with Crippen LogP contribution in [0.2, 0.25) is 0 Å². The molecular formula is C23H28FNO3. The highest BCUT2D eigenvalue weighted by molar-refractivity contribution is 5.71. The fraction of sp³-hybridized carbons (Fsp3) is 0.522. The summed E-state index contributed by atoms with van der Waals surface area (Å²) in [5.74, 6) is -0.0116. The van der Waals surface area contributed by atoms with Gasteiger partial charge in [-0.2, -0.15) is 0 Å². The number of hydrogen-bond donors (Lipinski definition) is 1. The summed E-state index contributed by atoms with van der Waals surface area (Å²) in [6.07, 6.45) is 6.62. The van der Waals surface area contributed by atoms with Gasteiger partial charge >= 0.3 is 5.97 Å². The number of carbonyl (C=O) groups excluding carboxylic acids is 1. The van der Waals surface area contributed by atoms with Gasteiger partial charge in [-0.25, -0.2) is 4.39 Å². The van der Waals surface area contributed by atoms with Gasteiger partial charge in [-0.1, -0.05) is 19.3 Å². The molecule has 1 aromatic heterocycles. The summed E-state index contributed by atoms with van der Waals surface area (Å²) >= 11 is 0. The van der Waals surface area contributed by atoms with Crippen LogP contribution in [-0.2, 0) is 16.1 Å². The Labute approximate surface area is 165 Å². The number of nitrogens with zero attached hydrogens (tertiary/aromatic N) is 1. The molecule has 5 heteroatoms. The first kappa shape index (κ1) is 19.2. The van der Waals surface area contributed by atoms with Crippen molar-refractivity contribution in [2.75, 3.05) is 0 Å². The molecular weight excluding hydrogens is 357 g/mol. The summed E-state index contributed by atoms with van der Waals surface area (Å²) in [5, 5.41) is 9.88. The quantitative estimate of drug-likeness (QED) is 0.753. The number of cyclic esters (lactones) is 1. The number of rotatable bonds is 5. The minimum atomic E-state index is -0.606. The van der Waals surface area contributed by atoms with Gasteiger partial charge in [0.1, 0.15) is 11.9 Å². The number of hydrogen-bond acceptors (Lipinski definition) is 3. The van der Waals surface area contributed by atoms with Crippen LogP contribution in [0.15, 0.2) is 36.4 Å². The van der Waals surface area contributed by atoms with Crippen LogP contribution in [0.3, 0.4) is 0 Å². The van der Waals surface area contributed by atoms with Crippen molar-refractivity contribution in [2.45, 2.75) is 76.0 Å². The van der Waals surface area contributed by atoms with Crippen LogP contribution in [0.1, 0.15) is 63.0 Å². The molecule has 2 aliphatic rings. The van der Waals surface area contributed by atoms with Gasteiger partial charge in [0.05, 0.1) is 12.5 Å². The predicted molar refractivity (Wildman–Crippen MR) is 105 cm³/mol. The minimum Gasteiger partial charge on any atom is -0.462 e. The van der Waals surface area contributed by atoms with Crippen LogP contribution in [0.4, 0.5) is 4.39 Å². The van der Waals surface area contributed by atoms with Crippen LogP contribution >= 0.6 is 0 Å². The van der Waals surface area contributed by atoms with Gasteiger partial charge in [-0.05, 0) is 60.7 Å². The molecule has 0 radical (unpaired) electrons. The molecule has 0 spiro atoms. The third kappa shape index (κ3) is 4.30. The van der Waals surface area contributed by atoms with Crippen LogP contribution in [-0.4, -0.2) is 27.9 Å². The van der Waals surface area contributed by atoms with E-state index in [9.17, 15) is 14.3 Å². The summed E-state index contributed by atoms with van der Waals surface area (Å²) in [5.41, 5.74) is 3.38. The van der Waals surface area contributed by atoms with E-state index >= 15 is 0 Å². The average Bonchev–Trinajstić information content (AvgIpc) is 3.11. The molecule has 2 atom stereocenters. The molecule has 1 aromatic carbocycles. The van der Waals surface area contributed by atoms with E-state index in [2.05, 4.69) is 16.7 Å². The van der Waals surface area contributed by atoms with E-state index in [0.29, 0.717) is 18.8 Å². The Morgan fingerprint density at radius 1 is 1.07 bits per heavy atom. The molecule has 0 amide bonds. The maximum Gasteiger partial charge on any atom is 0.308 e. The van der Waals surface area contributed by atoms with Crippen molar-refractivity contribution in [1.82, 2.24) is 4.57 Å². The van der Waals surface area contributed by atoms with Gasteiger partial charge in [-0.3, -0.25) is 4.79 Å². The van der Waals surface area contributed by atoms with Crippen LogP contribution < -0.4 is 0 Å². The summed E-state index contributed by atoms with van der Waals surface area (Å²) in [7, 11) is 0. The molecule has 4 rings (SSSR count). The summed E-state index contributed by atoms with van der Waals surface area (Å²) in [4.78, 5) is 11.7. The van der Waals surface area contributed by atoms with E-state index in [-0.39, 0.29) is 24.3 Å². The van der Waals surface area contributed by atoms with Crippen LogP contribution in [0.5, 0.6) is 0 Å². The SMILES string of the molecule is O=C1C[C@H](O)C[C@@H](CCn2c(-c3ccc(F)cc3)ccc2C2CCCCC2)O1. The summed E-state index contributed by atoms with van der Waals surface area (Å²) in [6, 6.07) is 10.9. The van der Waals surface area contributed by atoms with Crippen molar-refractivity contribution in [1.29, 1.82) is 0 Å². The summed E-state index contributed by atoms with van der Waals surface area (Å²) < 4.78 is 21.1. The first-order valence-corrected chi connectivity index (χ1v) is 10.4. The van der Waals surface area contributed by atoms with Gasteiger partial charge < -0.3 is 14.4 Å². The molecule has 0 bridgehead atoms. The number of ether oxygens (including phenoxy) is 1. The third-order valence-corrected chi connectivity index (χ3v) is 6.09. The zero-order valence-corrected chi connectivity index (χ0v) is 16.1. The molecule has 2 fully saturated rings. The number of carbonyl (C=O) groups is 1. The predicted octanol–water partition coefficient (Wildman–Crippen LogP) is 4.80. The maximum absolute atomic E-state index is 13.4. The second kappa shape index (κ2) is 8.48. The smallest absolute Gasteiger partial charge is 0.308 e. The Balaban J connectivity index is 1.59. The normalized spacial score (nSPS) is 23.6. The number of aromatic nitrogens is 1. The van der Waals surface area contributed by atoms with Crippen LogP contribution in [0.25, 0.3) is 11.3 Å². The van der Waals surface area contributed by atoms with Crippen molar-refractivity contribution in [3.8, 4) is 11.3 Å². The first-order chi connectivity index (χ1) is 13.6. The molecule has 0 unspecified atom stereocenters. The topological polar surface area (TPSA) is 51.5 Å². The lowest BCUT2D eigenvalue weighted by Crippen LogP contribution is -2.33. The van der Waals surface area contributed by atoms with Crippen molar-refractivity contribution < 1.29 is 19.0 Å². The Kier molecular flexibility index (Phi) is 5.81. The fourth-order valence-corrected chi connectivity index (χ4v) is 4.67. The maximum atomic E-state index is 13.4. The van der Waals surface area contributed by atoms with Gasteiger partial charge in [0.25, 0.3) is 0 Å². The van der Waals surface area contributed by atoms with E-state index in [1.54, 1.807) is 0 Å². The van der Waals surface area contributed by atoms with E-state index in [4.69, 9.17) is 4.74 Å². The molecule has 1 saturated carbocycles. The standard InChI is InChI=1S/C23H28FNO3/c24-18-8-6-17(7-9-18)22-11-10-21(16-4-2-1-3-5-16)25(22)13-12-20-14-19(26)15-23(27)28-20/h6-11,16,19-20,26H,1-5,12-15H2/t19-,20-/m1/s1. The molecule has 1 N–H and O–H groups in total. The zero-order valence-electron chi connectivity index (χ0n) is 16.1. The fourth-order valence-electron chi connectivity index (χ4n) is 4.67. The van der Waals surface area contributed by atoms with Crippen LogP contribution in [0, 0.1) is 5.82 Å². The number of halogens is 1. The highest BCUT2D eigenvalue weighted by Crippen LogP contribution is 2.36. The lowest BCUT2D eigenvalue weighted by atomic mass is 9.87. The Morgan fingerprint density at radius 2 is 1.82 bits per heavy atom. The number of aliphatic hydroxyl groups excluding tert-OH is 1. The molecule has 2 heterocycles. The Morgan fingerprint density at radius 3 is 2.54 bits per heavy atom. The van der Waals surface area contributed by atoms with E-state index in [1.807, 2.05) is 12.1 Å². The monoisotopic (exact) mass is 385 g/mol. The molecule has 1 aliphatic heterocycles. The lowest BCUT2D eigenvalue weighted by molar-refractivity contribution is -0.160. The Bertz CT molecular complexity index is 808. The molecule has 1 saturated heterocycles. The molecule has 28 heavy (non-hydrogen) atoms. The largest absolute Gasteiger partial charge is 0.462 e. The molecule has 4 nitrogen and oxygen atoms in total. The van der Waals surface area contributed by atoms with Crippen molar-refractivity contribution >= 4 is 5.97 Å². The minimum absolute atomic E-state index is 0.0914. The first-order valence-electron chi connectivity index (χ1n) is 10.4. The third-order valence-electron chi connectivity index (χ3n) is 6.09. The van der Waals surface area contributed by atoms with E-state index < -0.39 is 6.10 Å². The zero-order chi connectivity index (χ0) is 19.5. The van der Waals surface area contributed by atoms with Crippen molar-refractivity contribution in [3.05, 3.63) is 47.9 Å². The highest BCUT2D eigenvalue weighted by Gasteiger charge is 2.28. The molecule has 150 valence electrons. The lowest BCUT2D eigenvalue weighted by Gasteiger charge is -2.28. The number of benzene rings is 1. The molecule has 2 aromatic rings. The molecule has 1 aliphatic carbocycles. The van der Waals surface area contributed by atoms with Gasteiger partial charge in [0.15, 0.2) is 0 Å². The summed E-state index contributed by atoms with van der Waals surface area (Å²) in [6.45, 7) is 0.718. The van der Waals surface area contributed by atoms with Crippen molar-refractivity contribution in [2.24, 2.45) is 0 Å². The second-order valence-electron chi connectivity index (χ2n) is 8.13. The van der Waals surface area contributed by atoms with Crippen molar-refractivity contribution in [3.63, 3.8) is 0 Å². The van der Waals surface area contributed by atoms with Gasteiger partial charge in [0, 0.05) is 30.8 Å². The number of esters is 1.